The number of likely N-dealkylation sites (tertiary alicyclic amines) is 1. The van der Waals surface area contributed by atoms with Crippen LogP contribution < -0.4 is 10.1 Å². The summed E-state index contributed by atoms with van der Waals surface area (Å²) < 4.78 is 11.2. The van der Waals surface area contributed by atoms with Gasteiger partial charge in [0.15, 0.2) is 6.61 Å². The molecule has 6 heteroatoms. The Hall–Kier alpha value is -1.98. The zero-order valence-electron chi connectivity index (χ0n) is 15.3. The zero-order valence-corrected chi connectivity index (χ0v) is 16.0. The van der Waals surface area contributed by atoms with Crippen LogP contribution in [-0.2, 0) is 4.79 Å². The van der Waals surface area contributed by atoms with Crippen LogP contribution in [0.1, 0.15) is 35.8 Å². The summed E-state index contributed by atoms with van der Waals surface area (Å²) in [6.45, 7) is 6.39. The molecule has 140 valence electrons. The number of carbonyl (C=O) groups excluding carboxylic acids is 1. The molecule has 0 unspecified atom stereocenters. The number of hydrogen-bond acceptors (Lipinski definition) is 4. The second-order valence-corrected chi connectivity index (χ2v) is 7.12. The first-order valence-corrected chi connectivity index (χ1v) is 9.36. The predicted molar refractivity (Wildman–Crippen MR) is 102 cm³/mol. The molecule has 1 aliphatic heterocycles. The highest BCUT2D eigenvalue weighted by atomic mass is 35.5. The molecule has 1 atom stereocenters. The van der Waals surface area contributed by atoms with E-state index < -0.39 is 0 Å². The van der Waals surface area contributed by atoms with Gasteiger partial charge in [0, 0.05) is 11.6 Å². The minimum Gasteiger partial charge on any atom is -0.484 e. The van der Waals surface area contributed by atoms with Gasteiger partial charge in [-0.05, 0) is 75.2 Å². The lowest BCUT2D eigenvalue weighted by Gasteiger charge is -2.26. The Morgan fingerprint density at radius 1 is 1.31 bits per heavy atom. The van der Waals surface area contributed by atoms with Crippen molar-refractivity contribution < 1.29 is 13.9 Å². The molecule has 26 heavy (non-hydrogen) atoms. The van der Waals surface area contributed by atoms with Crippen LogP contribution in [0.5, 0.6) is 5.75 Å². The molecule has 0 bridgehead atoms. The van der Waals surface area contributed by atoms with Crippen LogP contribution in [0.3, 0.4) is 0 Å². The first-order chi connectivity index (χ1) is 12.5. The summed E-state index contributed by atoms with van der Waals surface area (Å²) in [4.78, 5) is 14.6. The van der Waals surface area contributed by atoms with E-state index in [0.717, 1.165) is 35.0 Å². The van der Waals surface area contributed by atoms with E-state index in [2.05, 4.69) is 10.2 Å². The average molecular weight is 377 g/mol. The molecule has 1 N–H and O–H groups in total. The fraction of sp³-hybridized carbons (Fsp3) is 0.450. The van der Waals surface area contributed by atoms with Gasteiger partial charge >= 0.3 is 0 Å². The van der Waals surface area contributed by atoms with Crippen LogP contribution in [0, 0.1) is 13.8 Å². The van der Waals surface area contributed by atoms with Crippen molar-refractivity contribution in [3.8, 4) is 5.75 Å². The lowest BCUT2D eigenvalue weighted by molar-refractivity contribution is -0.123. The Bertz CT molecular complexity index is 717. The van der Waals surface area contributed by atoms with E-state index in [4.69, 9.17) is 20.8 Å². The maximum Gasteiger partial charge on any atom is 0.258 e. The number of hydrogen-bond donors (Lipinski definition) is 1. The molecule has 1 aromatic heterocycles. The second kappa shape index (κ2) is 8.60. The largest absolute Gasteiger partial charge is 0.484 e. The van der Waals surface area contributed by atoms with E-state index in [1.807, 2.05) is 38.1 Å². The Balaban J connectivity index is 1.54. The number of halogens is 1. The third-order valence-electron chi connectivity index (χ3n) is 4.73. The number of ether oxygens (including phenoxy) is 1. The molecule has 1 saturated heterocycles. The Morgan fingerprint density at radius 3 is 2.62 bits per heavy atom. The first-order valence-electron chi connectivity index (χ1n) is 8.98. The SMILES string of the molecule is Cc1cc(OCC(=O)NC[C@@H](c2ccco2)N2CCCC2)cc(C)c1Cl. The number of furan rings is 1. The van der Waals surface area contributed by atoms with Crippen molar-refractivity contribution in [2.75, 3.05) is 26.2 Å². The molecule has 0 aliphatic carbocycles. The first kappa shape index (κ1) is 18.8. The third kappa shape index (κ3) is 4.59. The van der Waals surface area contributed by atoms with Gasteiger partial charge in [-0.15, -0.1) is 0 Å². The zero-order chi connectivity index (χ0) is 18.5. The van der Waals surface area contributed by atoms with Gasteiger partial charge in [-0.25, -0.2) is 0 Å². The fourth-order valence-electron chi connectivity index (χ4n) is 3.34. The molecule has 1 fully saturated rings. The van der Waals surface area contributed by atoms with Crippen molar-refractivity contribution in [1.29, 1.82) is 0 Å². The molecule has 1 amide bonds. The van der Waals surface area contributed by atoms with Gasteiger partial charge in [-0.3, -0.25) is 9.69 Å². The normalized spacial score (nSPS) is 15.8. The number of carbonyl (C=O) groups is 1. The van der Waals surface area contributed by atoms with Crippen molar-refractivity contribution in [1.82, 2.24) is 10.2 Å². The lowest BCUT2D eigenvalue weighted by atomic mass is 10.1. The number of benzene rings is 1. The quantitative estimate of drug-likeness (QED) is 0.796. The van der Waals surface area contributed by atoms with Crippen LogP contribution in [0.15, 0.2) is 34.9 Å². The maximum absolute atomic E-state index is 12.2. The molecule has 0 spiro atoms. The number of nitrogens with one attached hydrogen (secondary N) is 1. The summed E-state index contributed by atoms with van der Waals surface area (Å²) in [5.74, 6) is 1.39. The Labute approximate surface area is 159 Å². The van der Waals surface area contributed by atoms with Crippen molar-refractivity contribution in [3.05, 3.63) is 52.4 Å². The summed E-state index contributed by atoms with van der Waals surface area (Å²) >= 11 is 6.16. The van der Waals surface area contributed by atoms with E-state index in [0.29, 0.717) is 12.3 Å². The smallest absolute Gasteiger partial charge is 0.258 e. The maximum atomic E-state index is 12.2. The highest BCUT2D eigenvalue weighted by molar-refractivity contribution is 6.32. The molecule has 1 aliphatic rings. The number of amides is 1. The highest BCUT2D eigenvalue weighted by Crippen LogP contribution is 2.26. The molecular formula is C20H25ClN2O3. The fourth-order valence-corrected chi connectivity index (χ4v) is 3.45. The van der Waals surface area contributed by atoms with Crippen LogP contribution in [0.4, 0.5) is 0 Å². The summed E-state index contributed by atoms with van der Waals surface area (Å²) in [5.41, 5.74) is 1.88. The average Bonchev–Trinajstić information content (AvgIpc) is 3.32. The minimum absolute atomic E-state index is 0.0224. The predicted octanol–water partition coefficient (Wildman–Crippen LogP) is 3.88. The number of rotatable bonds is 7. The molecule has 1 aromatic carbocycles. The van der Waals surface area contributed by atoms with Gasteiger partial charge in [0.25, 0.3) is 5.91 Å². The Kier molecular flexibility index (Phi) is 6.22. The van der Waals surface area contributed by atoms with E-state index >= 15 is 0 Å². The third-order valence-corrected chi connectivity index (χ3v) is 5.32. The molecule has 3 rings (SSSR count). The molecule has 0 radical (unpaired) electrons. The number of nitrogens with zero attached hydrogens (tertiary/aromatic N) is 1. The van der Waals surface area contributed by atoms with Crippen molar-refractivity contribution >= 4 is 17.5 Å². The summed E-state index contributed by atoms with van der Waals surface area (Å²) in [6, 6.07) is 7.60. The standard InChI is InChI=1S/C20H25ClN2O3/c1-14-10-16(11-15(2)20(14)21)26-13-19(24)22-12-17(18-6-5-9-25-18)23-7-3-4-8-23/h5-6,9-11,17H,3-4,7-8,12-13H2,1-2H3,(H,22,24)/t17-/m0/s1. The number of aryl methyl sites for hydroxylation is 2. The van der Waals surface area contributed by atoms with Gasteiger partial charge in [-0.2, -0.15) is 0 Å². The van der Waals surface area contributed by atoms with E-state index in [9.17, 15) is 4.79 Å². The van der Waals surface area contributed by atoms with Gasteiger partial charge in [-0.1, -0.05) is 11.6 Å². The summed E-state index contributed by atoms with van der Waals surface area (Å²) in [7, 11) is 0. The van der Waals surface area contributed by atoms with Crippen molar-refractivity contribution in [3.63, 3.8) is 0 Å². The van der Waals surface area contributed by atoms with Crippen molar-refractivity contribution in [2.24, 2.45) is 0 Å². The van der Waals surface area contributed by atoms with E-state index in [-0.39, 0.29) is 18.6 Å². The molecule has 2 aromatic rings. The van der Waals surface area contributed by atoms with Crippen molar-refractivity contribution in [2.45, 2.75) is 32.7 Å². The topological polar surface area (TPSA) is 54.7 Å². The van der Waals surface area contributed by atoms with Gasteiger partial charge < -0.3 is 14.5 Å². The second-order valence-electron chi connectivity index (χ2n) is 6.74. The Morgan fingerprint density at radius 2 is 2.00 bits per heavy atom. The molecule has 5 nitrogen and oxygen atoms in total. The van der Waals surface area contributed by atoms with E-state index in [1.165, 1.54) is 12.8 Å². The summed E-state index contributed by atoms with van der Waals surface area (Å²) in [5, 5.41) is 3.70. The summed E-state index contributed by atoms with van der Waals surface area (Å²) in [6.07, 6.45) is 4.04. The van der Waals surface area contributed by atoms with Crippen LogP contribution in [0.25, 0.3) is 0 Å². The monoisotopic (exact) mass is 376 g/mol. The van der Waals surface area contributed by atoms with Crippen LogP contribution in [0.2, 0.25) is 5.02 Å². The highest BCUT2D eigenvalue weighted by Gasteiger charge is 2.25. The van der Waals surface area contributed by atoms with Gasteiger partial charge in [0.2, 0.25) is 0 Å². The lowest BCUT2D eigenvalue weighted by Crippen LogP contribution is -2.38. The molecule has 2 heterocycles. The molecule has 0 saturated carbocycles. The van der Waals surface area contributed by atoms with Crippen LogP contribution >= 0.6 is 11.6 Å². The molecular weight excluding hydrogens is 352 g/mol. The van der Waals surface area contributed by atoms with E-state index in [1.54, 1.807) is 6.26 Å². The van der Waals surface area contributed by atoms with Crippen LogP contribution in [-0.4, -0.2) is 37.0 Å². The minimum atomic E-state index is -0.147. The van der Waals surface area contributed by atoms with Gasteiger partial charge in [0.1, 0.15) is 11.5 Å². The van der Waals surface area contributed by atoms with Gasteiger partial charge in [0.05, 0.1) is 12.3 Å².